The van der Waals surface area contributed by atoms with E-state index in [1.54, 1.807) is 0 Å². The standard InChI is InChI=1S/C13H18FNO2/c1-17-13-8-11(14)10(7-12(13)16)6-9-2-4-15-5-3-9/h7-9,15-16H,2-6H2,1H3. The smallest absolute Gasteiger partial charge is 0.163 e. The average Bonchev–Trinajstić information content (AvgIpc) is 2.34. The first-order valence-corrected chi connectivity index (χ1v) is 5.97. The summed E-state index contributed by atoms with van der Waals surface area (Å²) in [6.45, 7) is 1.99. The zero-order valence-corrected chi connectivity index (χ0v) is 10.0. The number of aromatic hydroxyl groups is 1. The highest BCUT2D eigenvalue weighted by Gasteiger charge is 2.17. The summed E-state index contributed by atoms with van der Waals surface area (Å²) >= 11 is 0. The van der Waals surface area contributed by atoms with Gasteiger partial charge in [0.05, 0.1) is 7.11 Å². The molecule has 0 amide bonds. The topological polar surface area (TPSA) is 41.5 Å². The van der Waals surface area contributed by atoms with Gasteiger partial charge in [0.1, 0.15) is 5.82 Å². The van der Waals surface area contributed by atoms with Gasteiger partial charge in [-0.15, -0.1) is 0 Å². The van der Waals surface area contributed by atoms with Crippen molar-refractivity contribution in [2.45, 2.75) is 19.3 Å². The molecule has 0 spiro atoms. The predicted molar refractivity (Wildman–Crippen MR) is 63.9 cm³/mol. The quantitative estimate of drug-likeness (QED) is 0.848. The highest BCUT2D eigenvalue weighted by atomic mass is 19.1. The normalized spacial score (nSPS) is 17.1. The number of phenolic OH excluding ortho intramolecular Hbond substituents is 1. The Morgan fingerprint density at radius 2 is 2.12 bits per heavy atom. The molecule has 0 aromatic heterocycles. The number of piperidine rings is 1. The van der Waals surface area contributed by atoms with Crippen LogP contribution in [0.3, 0.4) is 0 Å². The second kappa shape index (κ2) is 5.36. The second-order valence-electron chi connectivity index (χ2n) is 4.51. The van der Waals surface area contributed by atoms with Crippen molar-refractivity contribution in [2.24, 2.45) is 5.92 Å². The number of nitrogens with one attached hydrogen (secondary N) is 1. The molecule has 94 valence electrons. The van der Waals surface area contributed by atoms with E-state index < -0.39 is 0 Å². The maximum absolute atomic E-state index is 13.8. The number of methoxy groups -OCH3 is 1. The lowest BCUT2D eigenvalue weighted by Crippen LogP contribution is -2.28. The molecule has 1 aliphatic heterocycles. The lowest BCUT2D eigenvalue weighted by atomic mass is 9.90. The van der Waals surface area contributed by atoms with E-state index in [2.05, 4.69) is 5.32 Å². The Bertz CT molecular complexity index is 389. The SMILES string of the molecule is COc1cc(F)c(CC2CCNCC2)cc1O. The van der Waals surface area contributed by atoms with Crippen molar-refractivity contribution in [2.75, 3.05) is 20.2 Å². The third-order valence-electron chi connectivity index (χ3n) is 3.32. The third-order valence-corrected chi connectivity index (χ3v) is 3.32. The molecule has 4 heteroatoms. The number of benzene rings is 1. The number of ether oxygens (including phenoxy) is 1. The fourth-order valence-corrected chi connectivity index (χ4v) is 2.30. The summed E-state index contributed by atoms with van der Waals surface area (Å²) in [7, 11) is 1.42. The summed E-state index contributed by atoms with van der Waals surface area (Å²) in [4.78, 5) is 0. The lowest BCUT2D eigenvalue weighted by Gasteiger charge is -2.22. The molecular weight excluding hydrogens is 221 g/mol. The lowest BCUT2D eigenvalue weighted by molar-refractivity contribution is 0.358. The maximum atomic E-state index is 13.8. The maximum Gasteiger partial charge on any atom is 0.163 e. The Hall–Kier alpha value is -1.29. The van der Waals surface area contributed by atoms with E-state index in [9.17, 15) is 9.50 Å². The van der Waals surface area contributed by atoms with Gasteiger partial charge in [0, 0.05) is 6.07 Å². The van der Waals surface area contributed by atoms with Crippen molar-refractivity contribution in [1.29, 1.82) is 0 Å². The molecule has 1 aromatic carbocycles. The van der Waals surface area contributed by atoms with Crippen LogP contribution in [-0.4, -0.2) is 25.3 Å². The zero-order valence-electron chi connectivity index (χ0n) is 10.0. The van der Waals surface area contributed by atoms with Crippen LogP contribution in [0, 0.1) is 11.7 Å². The predicted octanol–water partition coefficient (Wildman–Crippen LogP) is 2.08. The fraction of sp³-hybridized carbons (Fsp3) is 0.538. The van der Waals surface area contributed by atoms with Gasteiger partial charge in [-0.2, -0.15) is 0 Å². The summed E-state index contributed by atoms with van der Waals surface area (Å²) in [6.07, 6.45) is 2.81. The molecule has 3 nitrogen and oxygen atoms in total. The van der Waals surface area contributed by atoms with Crippen molar-refractivity contribution < 1.29 is 14.2 Å². The summed E-state index contributed by atoms with van der Waals surface area (Å²) in [6, 6.07) is 2.74. The molecule has 17 heavy (non-hydrogen) atoms. The Labute approximate surface area is 101 Å². The van der Waals surface area contributed by atoms with Crippen LogP contribution in [0.15, 0.2) is 12.1 Å². The summed E-state index contributed by atoms with van der Waals surface area (Å²) < 4.78 is 18.6. The number of halogens is 1. The zero-order chi connectivity index (χ0) is 12.3. The minimum Gasteiger partial charge on any atom is -0.504 e. The minimum atomic E-state index is -0.293. The van der Waals surface area contributed by atoms with E-state index in [0.29, 0.717) is 17.9 Å². The summed E-state index contributed by atoms with van der Waals surface area (Å²) in [5, 5.41) is 12.9. The molecule has 0 radical (unpaired) electrons. The Morgan fingerprint density at radius 3 is 2.76 bits per heavy atom. The molecule has 1 fully saturated rings. The van der Waals surface area contributed by atoms with Crippen LogP contribution in [-0.2, 0) is 6.42 Å². The molecule has 1 heterocycles. The van der Waals surface area contributed by atoms with Crippen LogP contribution in [0.1, 0.15) is 18.4 Å². The van der Waals surface area contributed by atoms with E-state index in [1.807, 2.05) is 0 Å². The van der Waals surface area contributed by atoms with Crippen LogP contribution < -0.4 is 10.1 Å². The largest absolute Gasteiger partial charge is 0.504 e. The van der Waals surface area contributed by atoms with Crippen LogP contribution in [0.5, 0.6) is 11.5 Å². The molecular formula is C13H18FNO2. The molecule has 2 rings (SSSR count). The molecule has 0 aliphatic carbocycles. The molecule has 0 saturated carbocycles. The number of rotatable bonds is 3. The van der Waals surface area contributed by atoms with E-state index in [1.165, 1.54) is 19.2 Å². The number of phenols is 1. The molecule has 1 aliphatic rings. The van der Waals surface area contributed by atoms with E-state index in [-0.39, 0.29) is 17.3 Å². The van der Waals surface area contributed by atoms with Crippen molar-refractivity contribution >= 4 is 0 Å². The molecule has 1 saturated heterocycles. The third kappa shape index (κ3) is 2.88. The van der Waals surface area contributed by atoms with Gasteiger partial charge >= 0.3 is 0 Å². The van der Waals surface area contributed by atoms with Gasteiger partial charge in [-0.05, 0) is 49.9 Å². The van der Waals surface area contributed by atoms with Crippen LogP contribution in [0.4, 0.5) is 4.39 Å². The second-order valence-corrected chi connectivity index (χ2v) is 4.51. The molecule has 0 bridgehead atoms. The van der Waals surface area contributed by atoms with Crippen molar-refractivity contribution in [3.8, 4) is 11.5 Å². The first-order chi connectivity index (χ1) is 8.20. The monoisotopic (exact) mass is 239 g/mol. The number of hydrogen-bond acceptors (Lipinski definition) is 3. The Morgan fingerprint density at radius 1 is 1.41 bits per heavy atom. The molecule has 0 atom stereocenters. The fourth-order valence-electron chi connectivity index (χ4n) is 2.30. The molecule has 1 aromatic rings. The van der Waals surface area contributed by atoms with Crippen LogP contribution >= 0.6 is 0 Å². The summed E-state index contributed by atoms with van der Waals surface area (Å²) in [5.41, 5.74) is 0.579. The van der Waals surface area contributed by atoms with Gasteiger partial charge in [0.15, 0.2) is 11.5 Å². The van der Waals surface area contributed by atoms with Crippen molar-refractivity contribution in [1.82, 2.24) is 5.32 Å². The molecule has 0 unspecified atom stereocenters. The first-order valence-electron chi connectivity index (χ1n) is 5.97. The van der Waals surface area contributed by atoms with Gasteiger partial charge in [-0.1, -0.05) is 0 Å². The van der Waals surface area contributed by atoms with Crippen molar-refractivity contribution in [3.05, 3.63) is 23.5 Å². The van der Waals surface area contributed by atoms with Crippen LogP contribution in [0.2, 0.25) is 0 Å². The first kappa shape index (κ1) is 12.2. The van der Waals surface area contributed by atoms with E-state index in [4.69, 9.17) is 4.74 Å². The molecule has 2 N–H and O–H groups in total. The van der Waals surface area contributed by atoms with Gasteiger partial charge in [0.2, 0.25) is 0 Å². The van der Waals surface area contributed by atoms with Gasteiger partial charge < -0.3 is 15.2 Å². The van der Waals surface area contributed by atoms with E-state index in [0.717, 1.165) is 25.9 Å². The number of hydrogen-bond donors (Lipinski definition) is 2. The highest BCUT2D eigenvalue weighted by molar-refractivity contribution is 5.42. The van der Waals surface area contributed by atoms with Crippen molar-refractivity contribution in [3.63, 3.8) is 0 Å². The Kier molecular flexibility index (Phi) is 3.84. The average molecular weight is 239 g/mol. The summed E-state index contributed by atoms with van der Waals surface area (Å²) in [5.74, 6) is 0.408. The minimum absolute atomic E-state index is 0.0119. The van der Waals surface area contributed by atoms with Crippen LogP contribution in [0.25, 0.3) is 0 Å². The van der Waals surface area contributed by atoms with Gasteiger partial charge in [-0.3, -0.25) is 0 Å². The Balaban J connectivity index is 2.12. The van der Waals surface area contributed by atoms with Gasteiger partial charge in [-0.25, -0.2) is 4.39 Å². The highest BCUT2D eigenvalue weighted by Crippen LogP contribution is 2.30. The van der Waals surface area contributed by atoms with E-state index >= 15 is 0 Å². The van der Waals surface area contributed by atoms with Gasteiger partial charge in [0.25, 0.3) is 0 Å².